The summed E-state index contributed by atoms with van der Waals surface area (Å²) in [6.07, 6.45) is 0.0720. The van der Waals surface area contributed by atoms with E-state index in [0.29, 0.717) is 6.61 Å². The second-order valence-corrected chi connectivity index (χ2v) is 9.64. The minimum absolute atomic E-state index is 0.0720. The Labute approximate surface area is 185 Å². The van der Waals surface area contributed by atoms with Gasteiger partial charge < -0.3 is 18.9 Å². The Morgan fingerprint density at radius 3 is 2.13 bits per heavy atom. The summed E-state index contributed by atoms with van der Waals surface area (Å²) in [6, 6.07) is 16.1. The lowest BCUT2D eigenvalue weighted by atomic mass is 10.1. The Morgan fingerprint density at radius 2 is 1.60 bits per heavy atom. The predicted molar refractivity (Wildman–Crippen MR) is 122 cm³/mol. The molecule has 30 heavy (non-hydrogen) atoms. The van der Waals surface area contributed by atoms with Crippen molar-refractivity contribution in [1.82, 2.24) is 4.98 Å². The van der Waals surface area contributed by atoms with Crippen LogP contribution in [0.4, 0.5) is 0 Å². The van der Waals surface area contributed by atoms with E-state index in [1.54, 1.807) is 37.3 Å². The van der Waals surface area contributed by atoms with Crippen molar-refractivity contribution in [1.29, 1.82) is 0 Å². The summed E-state index contributed by atoms with van der Waals surface area (Å²) in [5, 5.41) is 0. The number of thioether (sulfide) groups is 1. The number of nitrogens with zero attached hydrogens (tertiary/aromatic N) is 1. The van der Waals surface area contributed by atoms with E-state index in [4.69, 9.17) is 23.9 Å². The van der Waals surface area contributed by atoms with E-state index < -0.39 is 5.79 Å². The first-order valence-corrected chi connectivity index (χ1v) is 11.5. The molecule has 1 fully saturated rings. The van der Waals surface area contributed by atoms with Crippen LogP contribution >= 0.6 is 23.1 Å². The van der Waals surface area contributed by atoms with E-state index in [1.165, 1.54) is 0 Å². The highest BCUT2D eigenvalue weighted by molar-refractivity contribution is 8.01. The summed E-state index contributed by atoms with van der Waals surface area (Å²) in [5.41, 5.74) is 3.15. The predicted octanol–water partition coefficient (Wildman–Crippen LogP) is 5.74. The fraction of sp³-hybridized carbons (Fsp3) is 0.348. The van der Waals surface area contributed by atoms with Gasteiger partial charge in [-0.25, -0.2) is 4.98 Å². The third-order valence-corrected chi connectivity index (χ3v) is 7.16. The van der Waals surface area contributed by atoms with Crippen LogP contribution in [0, 0.1) is 0 Å². The summed E-state index contributed by atoms with van der Waals surface area (Å²) in [7, 11) is 3.35. The number of rotatable bonds is 7. The van der Waals surface area contributed by atoms with E-state index in [1.807, 2.05) is 50.2 Å². The zero-order valence-electron chi connectivity index (χ0n) is 17.5. The standard InChI is InChI=1S/C23H25NO4S2/c1-23(2)27-13-19(28-23)14-29-22-24-20(15-5-9-17(25-3)10-6-15)21(30-22)16-7-11-18(26-4)12-8-16/h5-12,19H,13-14H2,1-4H3. The van der Waals surface area contributed by atoms with Crippen LogP contribution in [0.15, 0.2) is 52.9 Å². The number of ether oxygens (including phenoxy) is 4. The number of benzene rings is 2. The molecular weight excluding hydrogens is 418 g/mol. The van der Waals surface area contributed by atoms with E-state index in [-0.39, 0.29) is 6.10 Å². The average molecular weight is 444 g/mol. The zero-order valence-corrected chi connectivity index (χ0v) is 19.1. The third kappa shape index (κ3) is 4.81. The van der Waals surface area contributed by atoms with Crippen molar-refractivity contribution in [2.45, 2.75) is 30.1 Å². The summed E-state index contributed by atoms with van der Waals surface area (Å²) in [4.78, 5) is 6.10. The van der Waals surface area contributed by atoms with Gasteiger partial charge >= 0.3 is 0 Å². The van der Waals surface area contributed by atoms with E-state index in [0.717, 1.165) is 43.3 Å². The maximum absolute atomic E-state index is 5.93. The first kappa shape index (κ1) is 21.2. The van der Waals surface area contributed by atoms with Crippen molar-refractivity contribution in [3.63, 3.8) is 0 Å². The maximum Gasteiger partial charge on any atom is 0.163 e. The molecule has 2 aromatic carbocycles. The van der Waals surface area contributed by atoms with Gasteiger partial charge in [-0.2, -0.15) is 0 Å². The van der Waals surface area contributed by atoms with Crippen LogP contribution in [-0.2, 0) is 9.47 Å². The highest BCUT2D eigenvalue weighted by Gasteiger charge is 2.32. The molecule has 0 bridgehead atoms. The molecule has 0 saturated carbocycles. The summed E-state index contributed by atoms with van der Waals surface area (Å²) in [6.45, 7) is 4.51. The molecule has 0 N–H and O–H groups in total. The third-order valence-electron chi connectivity index (χ3n) is 4.78. The number of aromatic nitrogens is 1. The molecule has 3 aromatic rings. The highest BCUT2D eigenvalue weighted by atomic mass is 32.2. The monoisotopic (exact) mass is 443 g/mol. The van der Waals surface area contributed by atoms with Crippen LogP contribution < -0.4 is 9.47 Å². The molecule has 0 spiro atoms. The van der Waals surface area contributed by atoms with Crippen molar-refractivity contribution in [2.24, 2.45) is 0 Å². The van der Waals surface area contributed by atoms with Gasteiger partial charge in [0, 0.05) is 11.3 Å². The van der Waals surface area contributed by atoms with Crippen LogP contribution in [0.5, 0.6) is 11.5 Å². The van der Waals surface area contributed by atoms with Gasteiger partial charge in [0.25, 0.3) is 0 Å². The van der Waals surface area contributed by atoms with Gasteiger partial charge in [0.1, 0.15) is 11.5 Å². The molecular formula is C23H25NO4S2. The topological polar surface area (TPSA) is 49.8 Å². The van der Waals surface area contributed by atoms with Gasteiger partial charge in [0.15, 0.2) is 10.1 Å². The summed E-state index contributed by atoms with van der Waals surface area (Å²) in [5.74, 6) is 1.97. The molecule has 4 rings (SSSR count). The minimum Gasteiger partial charge on any atom is -0.497 e. The van der Waals surface area contributed by atoms with E-state index >= 15 is 0 Å². The molecule has 158 valence electrons. The maximum atomic E-state index is 5.93. The molecule has 1 saturated heterocycles. The Hall–Kier alpha value is -2.06. The minimum atomic E-state index is -0.503. The van der Waals surface area contributed by atoms with Crippen LogP contribution in [0.3, 0.4) is 0 Å². The van der Waals surface area contributed by atoms with Crippen LogP contribution in [0.1, 0.15) is 13.8 Å². The molecule has 0 aliphatic carbocycles. The zero-order chi connectivity index (χ0) is 21.1. The van der Waals surface area contributed by atoms with Crippen molar-refractivity contribution in [3.8, 4) is 33.2 Å². The lowest BCUT2D eigenvalue weighted by Gasteiger charge is -2.16. The molecule has 1 aliphatic rings. The van der Waals surface area contributed by atoms with Crippen LogP contribution in [-0.4, -0.2) is 43.5 Å². The Morgan fingerprint density at radius 1 is 1.00 bits per heavy atom. The van der Waals surface area contributed by atoms with Gasteiger partial charge in [0.05, 0.1) is 37.5 Å². The lowest BCUT2D eigenvalue weighted by Crippen LogP contribution is -2.22. The molecule has 5 nitrogen and oxygen atoms in total. The number of methoxy groups -OCH3 is 2. The fourth-order valence-corrected chi connectivity index (χ4v) is 5.42. The fourth-order valence-electron chi connectivity index (χ4n) is 3.25. The van der Waals surface area contributed by atoms with Gasteiger partial charge in [-0.3, -0.25) is 0 Å². The van der Waals surface area contributed by atoms with Crippen molar-refractivity contribution in [3.05, 3.63) is 48.5 Å². The van der Waals surface area contributed by atoms with Gasteiger partial charge in [-0.05, 0) is 67.9 Å². The van der Waals surface area contributed by atoms with E-state index in [2.05, 4.69) is 12.1 Å². The number of thiazole rings is 1. The number of hydrogen-bond acceptors (Lipinski definition) is 7. The van der Waals surface area contributed by atoms with Gasteiger partial charge in [-0.1, -0.05) is 11.8 Å². The highest BCUT2D eigenvalue weighted by Crippen LogP contribution is 2.41. The quantitative estimate of drug-likeness (QED) is 0.434. The average Bonchev–Trinajstić information content (AvgIpc) is 3.35. The smallest absolute Gasteiger partial charge is 0.163 e. The van der Waals surface area contributed by atoms with Crippen LogP contribution in [0.25, 0.3) is 21.7 Å². The Balaban J connectivity index is 1.62. The summed E-state index contributed by atoms with van der Waals surface area (Å²) >= 11 is 3.41. The lowest BCUT2D eigenvalue weighted by molar-refractivity contribution is -0.135. The Kier molecular flexibility index (Phi) is 6.34. The molecule has 1 unspecified atom stereocenters. The molecule has 0 amide bonds. The molecule has 2 heterocycles. The molecule has 1 aliphatic heterocycles. The number of hydrogen-bond donors (Lipinski definition) is 0. The normalized spacial score (nSPS) is 17.8. The molecule has 1 atom stereocenters. The molecule has 1 aromatic heterocycles. The van der Waals surface area contributed by atoms with Crippen LogP contribution in [0.2, 0.25) is 0 Å². The summed E-state index contributed by atoms with van der Waals surface area (Å²) < 4.78 is 23.2. The van der Waals surface area contributed by atoms with Gasteiger partial charge in [-0.15, -0.1) is 11.3 Å². The Bertz CT molecular complexity index is 918. The first-order chi connectivity index (χ1) is 14.5. The second kappa shape index (κ2) is 8.98. The van der Waals surface area contributed by atoms with Crippen molar-refractivity contribution >= 4 is 23.1 Å². The molecule has 0 radical (unpaired) electrons. The first-order valence-electron chi connectivity index (χ1n) is 9.71. The largest absolute Gasteiger partial charge is 0.497 e. The van der Waals surface area contributed by atoms with Crippen molar-refractivity contribution in [2.75, 3.05) is 26.6 Å². The second-order valence-electron chi connectivity index (χ2n) is 7.38. The molecule has 7 heteroatoms. The SMILES string of the molecule is COc1ccc(-c2nc(SCC3COC(C)(C)O3)sc2-c2ccc(OC)cc2)cc1. The van der Waals surface area contributed by atoms with Crippen molar-refractivity contribution < 1.29 is 18.9 Å². The van der Waals surface area contributed by atoms with Gasteiger partial charge in [0.2, 0.25) is 0 Å². The van der Waals surface area contributed by atoms with E-state index in [9.17, 15) is 0 Å².